The standard InChI is InChI=1S/C63H97N5O10S2/c1-41(20-31-68-32-29-65-30-33-68)10-9-26-66-50-38-79-80-40-60(3,75)36-44-12-8-11-43-34-48-49(61(39-69)21-6-7-22-61)37-76-58-52(72)18-16-47(56(48)58)57(43)62(24-27-64-28-25-62)54(35-53(77-42(2)70)46(44)15-17-51(50)71)78-59(74)63-23-5-4-13-45(63)14-19-55(73)67-63/h16,18,41,43-46,48-51,53-54,57,64-66,69,71-72,75H,4-7,9-10,12-15,17,19-40H2,1-3H3,(H,67,73)/t41-,43+,44-,45-,46+,48-,49+,50-,51-,53+,54-,57+,60+,63-/m1/s1. The number of phenols is 1. The van der Waals surface area contributed by atoms with E-state index in [-0.39, 0.29) is 77.6 Å². The third kappa shape index (κ3) is 13.2. The molecule has 5 aliphatic heterocycles. The van der Waals surface area contributed by atoms with Crippen LogP contribution in [0.1, 0.15) is 179 Å². The fourth-order valence-electron chi connectivity index (χ4n) is 17.2. The lowest BCUT2D eigenvalue weighted by molar-refractivity contribution is -0.183. The first-order valence-electron chi connectivity index (χ1n) is 31.4. The van der Waals surface area contributed by atoms with Crippen molar-refractivity contribution < 1.29 is 49.0 Å². The molecule has 1 aromatic carbocycles. The fourth-order valence-corrected chi connectivity index (χ4v) is 20.0. The van der Waals surface area contributed by atoms with Crippen LogP contribution in [0.5, 0.6) is 11.5 Å². The number of piperidine rings is 2. The van der Waals surface area contributed by atoms with Crippen molar-refractivity contribution in [2.45, 2.75) is 203 Å². The number of carbonyl (C=O) groups excluding carboxylic acids is 3. The highest BCUT2D eigenvalue weighted by Gasteiger charge is 2.60. The summed E-state index contributed by atoms with van der Waals surface area (Å²) in [6, 6.07) is 3.62. The highest BCUT2D eigenvalue weighted by atomic mass is 33.1. The van der Waals surface area contributed by atoms with E-state index in [9.17, 15) is 30.0 Å². The van der Waals surface area contributed by atoms with Crippen molar-refractivity contribution in [3.8, 4) is 23.3 Å². The molecule has 1 amide bonds. The zero-order valence-electron chi connectivity index (χ0n) is 48.4. The summed E-state index contributed by atoms with van der Waals surface area (Å²) in [5.41, 5.74) is -1.38. The first kappa shape index (κ1) is 60.3. The monoisotopic (exact) mass is 1150 g/mol. The molecule has 14 atom stereocenters. The summed E-state index contributed by atoms with van der Waals surface area (Å²) in [7, 11) is 3.33. The number of esters is 2. The average molecular weight is 1150 g/mol. The van der Waals surface area contributed by atoms with Crippen LogP contribution in [0.15, 0.2) is 12.1 Å². The van der Waals surface area contributed by atoms with Gasteiger partial charge < -0.3 is 60.8 Å². The van der Waals surface area contributed by atoms with Crippen molar-refractivity contribution in [1.82, 2.24) is 26.2 Å². The molecule has 4 saturated heterocycles. The number of nitrogens with zero attached hydrogens (tertiary/aromatic N) is 1. The van der Waals surface area contributed by atoms with Gasteiger partial charge in [0.1, 0.15) is 17.7 Å². The van der Waals surface area contributed by atoms with E-state index in [1.807, 2.05) is 6.92 Å². The maximum Gasteiger partial charge on any atom is 0.332 e. The van der Waals surface area contributed by atoms with Gasteiger partial charge in [-0.3, -0.25) is 9.59 Å². The predicted molar refractivity (Wildman–Crippen MR) is 314 cm³/mol. The molecule has 17 heteroatoms. The van der Waals surface area contributed by atoms with Gasteiger partial charge in [-0.05, 0) is 158 Å². The van der Waals surface area contributed by atoms with E-state index in [1.54, 1.807) is 27.7 Å². The van der Waals surface area contributed by atoms with Crippen LogP contribution in [0, 0.1) is 58.2 Å². The number of aliphatic hydroxyl groups excluding tert-OH is 2. The maximum atomic E-state index is 15.8. The van der Waals surface area contributed by atoms with Crippen molar-refractivity contribution in [2.24, 2.45) is 46.3 Å². The molecule has 5 heterocycles. The number of hydrogen-bond donors (Lipinski definition) is 8. The second-order valence-electron chi connectivity index (χ2n) is 26.8. The second kappa shape index (κ2) is 26.6. The summed E-state index contributed by atoms with van der Waals surface area (Å²) in [4.78, 5) is 45.7. The Balaban J connectivity index is 1.04. The highest BCUT2D eigenvalue weighted by molar-refractivity contribution is 8.76. The number of rotatable bonds is 13. The van der Waals surface area contributed by atoms with E-state index < -0.39 is 46.8 Å². The number of hydrogen-bond acceptors (Lipinski definition) is 16. The SMILES string of the molecule is CC(=O)O[C@H]1C[C@@H](OC(=O)[C@@]23CCCC[C@@H]2CCC(=O)N3)C2(CCNCC2)[C@@H]2c3ccc(O)c4c3[C@H](C[C@@H]2C#CC[C@@H]2C[C@](C)(O)CSSC[C@@H](NCCC[C@@H](C)CCN3CCNCC3)[C@H](O)CC[C@@H]21)[C@@H](C1(CO)CCCC1)CO4. The van der Waals surface area contributed by atoms with Gasteiger partial charge in [-0.25, -0.2) is 4.79 Å². The van der Waals surface area contributed by atoms with Crippen LogP contribution in [0.4, 0.5) is 0 Å². The van der Waals surface area contributed by atoms with Gasteiger partial charge in [0, 0.05) is 117 Å². The molecule has 15 nitrogen and oxygen atoms in total. The van der Waals surface area contributed by atoms with E-state index in [0.717, 1.165) is 108 Å². The number of amides is 1. The molecule has 10 rings (SSSR count). The lowest BCUT2D eigenvalue weighted by atomic mass is 9.51. The molecular weight excluding hydrogens is 1050 g/mol. The van der Waals surface area contributed by atoms with Gasteiger partial charge in [0.05, 0.1) is 18.3 Å². The van der Waals surface area contributed by atoms with Crippen LogP contribution >= 0.6 is 21.6 Å². The summed E-state index contributed by atoms with van der Waals surface area (Å²) in [5, 5.41) is 62.0. The molecule has 2 saturated carbocycles. The Kier molecular flexibility index (Phi) is 20.1. The van der Waals surface area contributed by atoms with Crippen molar-refractivity contribution in [2.75, 3.05) is 77.1 Å². The summed E-state index contributed by atoms with van der Waals surface area (Å²) < 4.78 is 20.8. The number of phenolic OH excluding ortho intramolecular Hbond substituents is 1. The molecule has 9 aliphatic rings. The third-order valence-corrected chi connectivity index (χ3v) is 24.2. The van der Waals surface area contributed by atoms with Crippen LogP contribution < -0.4 is 26.0 Å². The van der Waals surface area contributed by atoms with Gasteiger partial charge in [0.25, 0.3) is 0 Å². The number of piperazine rings is 1. The van der Waals surface area contributed by atoms with Gasteiger partial charge in [0.15, 0.2) is 11.5 Å². The largest absolute Gasteiger partial charge is 0.504 e. The Morgan fingerprint density at radius 3 is 2.51 bits per heavy atom. The number of ether oxygens (including phenoxy) is 3. The first-order chi connectivity index (χ1) is 38.6. The molecule has 4 aliphatic carbocycles. The van der Waals surface area contributed by atoms with Crippen LogP contribution in [-0.2, 0) is 23.9 Å². The molecule has 6 fully saturated rings. The highest BCUT2D eigenvalue weighted by Crippen LogP contribution is 2.65. The van der Waals surface area contributed by atoms with Gasteiger partial charge >= 0.3 is 11.9 Å². The molecule has 1 aromatic rings. The normalized spacial score (nSPS) is 36.9. The van der Waals surface area contributed by atoms with E-state index >= 15 is 4.79 Å². The fraction of sp³-hybridized carbons (Fsp3) is 0.825. The number of nitrogens with one attached hydrogen (secondary N) is 4. The quantitative estimate of drug-likeness (QED) is 0.0414. The van der Waals surface area contributed by atoms with Crippen LogP contribution in [0.25, 0.3) is 0 Å². The van der Waals surface area contributed by atoms with Gasteiger partial charge in [-0.2, -0.15) is 0 Å². The van der Waals surface area contributed by atoms with E-state index in [0.29, 0.717) is 107 Å². The molecule has 0 aromatic heterocycles. The maximum absolute atomic E-state index is 15.8. The Hall–Kier alpha value is -2.79. The summed E-state index contributed by atoms with van der Waals surface area (Å²) in [6.07, 6.45) is 12.7. The minimum atomic E-state index is -1.18. The minimum Gasteiger partial charge on any atom is -0.504 e. The Morgan fingerprint density at radius 2 is 1.74 bits per heavy atom. The molecular formula is C63H97N5O10S2. The average Bonchev–Trinajstić information content (AvgIpc) is 2.25. The number of fused-ring (bicyclic) bond motifs is 5. The summed E-state index contributed by atoms with van der Waals surface area (Å²) in [6.45, 7) is 13.7. The zero-order chi connectivity index (χ0) is 56.1. The number of aliphatic hydroxyl groups is 3. The van der Waals surface area contributed by atoms with Gasteiger partial charge in [-0.1, -0.05) is 66.2 Å². The zero-order valence-corrected chi connectivity index (χ0v) is 50.1. The van der Waals surface area contributed by atoms with Crippen molar-refractivity contribution in [3.63, 3.8) is 0 Å². The topological polar surface area (TPSA) is 211 Å². The van der Waals surface area contributed by atoms with E-state index in [2.05, 4.69) is 51.0 Å². The third-order valence-electron chi connectivity index (χ3n) is 21.6. The number of carbonyl (C=O) groups is 3. The van der Waals surface area contributed by atoms with Crippen molar-refractivity contribution >= 4 is 39.4 Å². The van der Waals surface area contributed by atoms with Gasteiger partial charge in [0.2, 0.25) is 5.91 Å². The Bertz CT molecular complexity index is 2350. The summed E-state index contributed by atoms with van der Waals surface area (Å²) >= 11 is 0. The molecule has 8 N–H and O–H groups in total. The summed E-state index contributed by atoms with van der Waals surface area (Å²) in [5.74, 6) is 7.75. The van der Waals surface area contributed by atoms with Crippen molar-refractivity contribution in [3.05, 3.63) is 23.3 Å². The number of aromatic hydroxyl groups is 1. The van der Waals surface area contributed by atoms with E-state index in [4.69, 9.17) is 14.2 Å². The first-order valence-corrected chi connectivity index (χ1v) is 33.9. The molecule has 0 bridgehead atoms. The van der Waals surface area contributed by atoms with Gasteiger partial charge in [-0.15, -0.1) is 5.92 Å². The van der Waals surface area contributed by atoms with Crippen LogP contribution in [0.2, 0.25) is 0 Å². The Labute approximate surface area is 485 Å². The molecule has 0 unspecified atom stereocenters. The Morgan fingerprint density at radius 1 is 0.963 bits per heavy atom. The molecule has 446 valence electrons. The number of benzene rings is 1. The predicted octanol–water partition coefficient (Wildman–Crippen LogP) is 7.57. The molecule has 0 radical (unpaired) electrons. The molecule has 80 heavy (non-hydrogen) atoms. The lowest BCUT2D eigenvalue weighted by Crippen LogP contribution is -2.65. The van der Waals surface area contributed by atoms with Crippen LogP contribution in [0.3, 0.4) is 0 Å². The molecule has 1 spiro atoms. The minimum absolute atomic E-state index is 0.00548. The van der Waals surface area contributed by atoms with Crippen LogP contribution in [-0.4, -0.2) is 156 Å². The van der Waals surface area contributed by atoms with E-state index in [1.165, 1.54) is 13.3 Å². The lowest BCUT2D eigenvalue weighted by Gasteiger charge is -2.56. The van der Waals surface area contributed by atoms with Crippen molar-refractivity contribution in [1.29, 1.82) is 0 Å². The second-order valence-corrected chi connectivity index (χ2v) is 29.3. The smallest absolute Gasteiger partial charge is 0.332 e.